The fourth-order valence-electron chi connectivity index (χ4n) is 2.45. The number of nitrogens with one attached hydrogen (secondary N) is 2. The predicted octanol–water partition coefficient (Wildman–Crippen LogP) is 1.40. The molecule has 0 radical (unpaired) electrons. The molecule has 118 valence electrons. The van der Waals surface area contributed by atoms with Crippen molar-refractivity contribution in [3.8, 4) is 0 Å². The molecule has 1 aromatic carbocycles. The minimum absolute atomic E-state index is 0.0294. The van der Waals surface area contributed by atoms with Crippen molar-refractivity contribution < 1.29 is 17.9 Å². The van der Waals surface area contributed by atoms with E-state index in [1.807, 2.05) is 0 Å². The first-order valence-electron chi connectivity index (χ1n) is 7.04. The van der Waals surface area contributed by atoms with Crippen LogP contribution < -0.4 is 9.44 Å². The van der Waals surface area contributed by atoms with Gasteiger partial charge in [-0.3, -0.25) is 0 Å². The zero-order chi connectivity index (χ0) is 15.5. The Morgan fingerprint density at radius 2 is 1.86 bits per heavy atom. The van der Waals surface area contributed by atoms with Gasteiger partial charge in [0.15, 0.2) is 0 Å². The van der Waals surface area contributed by atoms with E-state index in [4.69, 9.17) is 0 Å². The molecule has 0 saturated heterocycles. The Morgan fingerprint density at radius 3 is 2.43 bits per heavy atom. The van der Waals surface area contributed by atoms with Gasteiger partial charge in [0.05, 0.1) is 0 Å². The summed E-state index contributed by atoms with van der Waals surface area (Å²) in [4.78, 5) is 0. The number of benzene rings is 1. The van der Waals surface area contributed by atoms with Gasteiger partial charge in [0.25, 0.3) is 10.2 Å². The third-order valence-corrected chi connectivity index (χ3v) is 4.92. The van der Waals surface area contributed by atoms with Crippen molar-refractivity contribution in [3.63, 3.8) is 0 Å². The summed E-state index contributed by atoms with van der Waals surface area (Å²) >= 11 is 0. The Hall–Kier alpha value is -1.02. The van der Waals surface area contributed by atoms with Gasteiger partial charge < -0.3 is 5.11 Å². The maximum atomic E-state index is 12.9. The first-order valence-corrected chi connectivity index (χ1v) is 8.52. The average molecular weight is 316 g/mol. The molecule has 1 fully saturated rings. The van der Waals surface area contributed by atoms with Gasteiger partial charge in [-0.25, -0.2) is 4.39 Å². The highest BCUT2D eigenvalue weighted by Crippen LogP contribution is 2.21. The monoisotopic (exact) mass is 316 g/mol. The van der Waals surface area contributed by atoms with Crippen molar-refractivity contribution in [1.82, 2.24) is 9.44 Å². The van der Waals surface area contributed by atoms with E-state index >= 15 is 0 Å². The molecule has 1 atom stereocenters. The SMILES string of the molecule is CC(O)(CNS(=O)(=O)NC1CCCC1)c1ccc(F)cc1. The topological polar surface area (TPSA) is 78.4 Å². The second-order valence-electron chi connectivity index (χ2n) is 5.70. The van der Waals surface area contributed by atoms with E-state index in [1.165, 1.54) is 31.2 Å². The van der Waals surface area contributed by atoms with Crippen LogP contribution in [0.1, 0.15) is 38.2 Å². The van der Waals surface area contributed by atoms with Crippen molar-refractivity contribution in [2.75, 3.05) is 6.54 Å². The van der Waals surface area contributed by atoms with Crippen LogP contribution in [0.25, 0.3) is 0 Å². The van der Waals surface area contributed by atoms with E-state index < -0.39 is 21.6 Å². The maximum absolute atomic E-state index is 12.9. The zero-order valence-electron chi connectivity index (χ0n) is 12.0. The molecule has 1 aromatic rings. The van der Waals surface area contributed by atoms with Crippen LogP contribution >= 0.6 is 0 Å². The molecule has 1 saturated carbocycles. The standard InChI is InChI=1S/C14H21FN2O3S/c1-14(18,11-6-8-12(15)9-7-11)10-16-21(19,20)17-13-4-2-3-5-13/h6-9,13,16-18H,2-5,10H2,1H3. The molecule has 1 aliphatic carbocycles. The lowest BCUT2D eigenvalue weighted by Crippen LogP contribution is -2.46. The molecule has 0 bridgehead atoms. The Bertz CT molecular complexity index is 566. The number of aliphatic hydroxyl groups is 1. The van der Waals surface area contributed by atoms with Crippen LogP contribution in [0, 0.1) is 5.82 Å². The fraction of sp³-hybridized carbons (Fsp3) is 0.571. The molecule has 0 heterocycles. The van der Waals surface area contributed by atoms with E-state index in [0.29, 0.717) is 5.56 Å². The van der Waals surface area contributed by atoms with E-state index in [0.717, 1.165) is 25.7 Å². The van der Waals surface area contributed by atoms with Gasteiger partial charge in [-0.2, -0.15) is 17.9 Å². The summed E-state index contributed by atoms with van der Waals surface area (Å²) in [7, 11) is -3.65. The van der Waals surface area contributed by atoms with Gasteiger partial charge in [0.2, 0.25) is 0 Å². The molecular formula is C14H21FN2O3S. The second-order valence-corrected chi connectivity index (χ2v) is 7.24. The smallest absolute Gasteiger partial charge is 0.277 e. The third kappa shape index (κ3) is 4.74. The van der Waals surface area contributed by atoms with Gasteiger partial charge in [-0.1, -0.05) is 25.0 Å². The summed E-state index contributed by atoms with van der Waals surface area (Å²) in [6.07, 6.45) is 3.74. The first-order chi connectivity index (χ1) is 9.78. The molecular weight excluding hydrogens is 295 g/mol. The molecule has 1 unspecified atom stereocenters. The van der Waals surface area contributed by atoms with Crippen molar-refractivity contribution in [1.29, 1.82) is 0 Å². The van der Waals surface area contributed by atoms with Gasteiger partial charge >= 0.3 is 0 Å². The summed E-state index contributed by atoms with van der Waals surface area (Å²) in [6.45, 7) is 1.30. The molecule has 5 nitrogen and oxygen atoms in total. The molecule has 0 spiro atoms. The minimum Gasteiger partial charge on any atom is -0.384 e. The van der Waals surface area contributed by atoms with Crippen molar-refractivity contribution in [3.05, 3.63) is 35.6 Å². The number of halogens is 1. The summed E-state index contributed by atoms with van der Waals surface area (Å²) in [5.74, 6) is -0.405. The highest BCUT2D eigenvalue weighted by atomic mass is 32.2. The Labute approximate surface area is 124 Å². The van der Waals surface area contributed by atoms with Crippen LogP contribution in [0.15, 0.2) is 24.3 Å². The van der Waals surface area contributed by atoms with E-state index in [-0.39, 0.29) is 12.6 Å². The number of rotatable bonds is 6. The lowest BCUT2D eigenvalue weighted by Gasteiger charge is -2.24. The van der Waals surface area contributed by atoms with E-state index in [1.54, 1.807) is 0 Å². The maximum Gasteiger partial charge on any atom is 0.277 e. The second kappa shape index (κ2) is 6.39. The average Bonchev–Trinajstić information content (AvgIpc) is 2.89. The van der Waals surface area contributed by atoms with Crippen molar-refractivity contribution >= 4 is 10.2 Å². The molecule has 1 aliphatic rings. The lowest BCUT2D eigenvalue weighted by molar-refractivity contribution is 0.0625. The van der Waals surface area contributed by atoms with Crippen LogP contribution in [-0.2, 0) is 15.8 Å². The van der Waals surface area contributed by atoms with E-state index in [9.17, 15) is 17.9 Å². The minimum atomic E-state index is -3.65. The number of hydrogen-bond acceptors (Lipinski definition) is 3. The first kappa shape index (κ1) is 16.4. The molecule has 0 aromatic heterocycles. The summed E-state index contributed by atoms with van der Waals surface area (Å²) in [5, 5.41) is 10.3. The number of hydrogen-bond donors (Lipinski definition) is 3. The highest BCUT2D eigenvalue weighted by Gasteiger charge is 2.27. The summed E-state index contributed by atoms with van der Waals surface area (Å²) in [5.41, 5.74) is -0.953. The predicted molar refractivity (Wildman–Crippen MR) is 78.3 cm³/mol. The zero-order valence-corrected chi connectivity index (χ0v) is 12.8. The van der Waals surface area contributed by atoms with Gasteiger partial charge in [-0.05, 0) is 37.5 Å². The fourth-order valence-corrected chi connectivity index (χ4v) is 3.68. The van der Waals surface area contributed by atoms with Crippen LogP contribution in [0.2, 0.25) is 0 Å². The van der Waals surface area contributed by atoms with Crippen LogP contribution in [0.4, 0.5) is 4.39 Å². The van der Waals surface area contributed by atoms with Crippen LogP contribution in [0.5, 0.6) is 0 Å². The molecule has 0 amide bonds. The quantitative estimate of drug-likeness (QED) is 0.742. The van der Waals surface area contributed by atoms with Gasteiger partial charge in [0.1, 0.15) is 11.4 Å². The Kier molecular flexibility index (Phi) is 4.98. The van der Waals surface area contributed by atoms with Crippen LogP contribution in [-0.4, -0.2) is 26.1 Å². The Balaban J connectivity index is 1.95. The highest BCUT2D eigenvalue weighted by molar-refractivity contribution is 7.87. The van der Waals surface area contributed by atoms with Crippen LogP contribution in [0.3, 0.4) is 0 Å². The summed E-state index contributed by atoms with van der Waals surface area (Å²) in [6, 6.07) is 5.31. The molecule has 21 heavy (non-hydrogen) atoms. The normalized spacial score (nSPS) is 19.6. The largest absolute Gasteiger partial charge is 0.384 e. The van der Waals surface area contributed by atoms with Crippen molar-refractivity contribution in [2.24, 2.45) is 0 Å². The Morgan fingerprint density at radius 1 is 1.29 bits per heavy atom. The molecule has 7 heteroatoms. The third-order valence-electron chi connectivity index (χ3n) is 3.75. The van der Waals surface area contributed by atoms with E-state index in [2.05, 4.69) is 9.44 Å². The lowest BCUT2D eigenvalue weighted by atomic mass is 9.96. The van der Waals surface area contributed by atoms with Gasteiger partial charge in [-0.15, -0.1) is 0 Å². The molecule has 3 N–H and O–H groups in total. The van der Waals surface area contributed by atoms with Gasteiger partial charge in [0, 0.05) is 12.6 Å². The summed E-state index contributed by atoms with van der Waals surface area (Å²) < 4.78 is 41.7. The van der Waals surface area contributed by atoms with Crippen molar-refractivity contribution in [2.45, 2.75) is 44.2 Å². The molecule has 2 rings (SSSR count). The molecule has 0 aliphatic heterocycles.